The number of hydrogen-bond acceptors (Lipinski definition) is 6. The minimum absolute atomic E-state index is 0.00451. The molecule has 1 atom stereocenters. The lowest BCUT2D eigenvalue weighted by Crippen LogP contribution is -2.45. The highest BCUT2D eigenvalue weighted by molar-refractivity contribution is 6.01. The van der Waals surface area contributed by atoms with Gasteiger partial charge in [-0.15, -0.1) is 0 Å². The summed E-state index contributed by atoms with van der Waals surface area (Å²) in [6, 6.07) is 12.0. The molecular weight excluding hydrogens is 380 g/mol. The summed E-state index contributed by atoms with van der Waals surface area (Å²) in [5, 5.41) is 10.8. The highest BCUT2D eigenvalue weighted by atomic mass is 16.6. The zero-order valence-electron chi connectivity index (χ0n) is 15.5. The lowest BCUT2D eigenvalue weighted by atomic mass is 10.1. The van der Waals surface area contributed by atoms with Crippen LogP contribution in [0, 0.1) is 16.0 Å². The smallest absolute Gasteiger partial charge is 0.270 e. The molecule has 0 aliphatic carbocycles. The first-order valence-electron chi connectivity index (χ1n) is 8.68. The molecule has 0 saturated carbocycles. The zero-order chi connectivity index (χ0) is 21.0. The van der Waals surface area contributed by atoms with E-state index in [-0.39, 0.29) is 30.1 Å². The third-order valence-corrected chi connectivity index (χ3v) is 4.50. The molecule has 3 amide bonds. The number of nitro benzene ring substituents is 1. The van der Waals surface area contributed by atoms with Crippen molar-refractivity contribution < 1.29 is 24.0 Å². The molecule has 2 N–H and O–H groups in total. The van der Waals surface area contributed by atoms with E-state index in [0.717, 1.165) is 6.07 Å². The Morgan fingerprint density at radius 2 is 1.90 bits per heavy atom. The van der Waals surface area contributed by atoms with Gasteiger partial charge in [0.15, 0.2) is 0 Å². The molecule has 1 aliphatic rings. The molecule has 0 bridgehead atoms. The van der Waals surface area contributed by atoms with Gasteiger partial charge in [0.05, 0.1) is 18.0 Å². The van der Waals surface area contributed by atoms with Gasteiger partial charge < -0.3 is 9.64 Å². The maximum Gasteiger partial charge on any atom is 0.270 e. The number of amides is 3. The summed E-state index contributed by atoms with van der Waals surface area (Å²) in [6.45, 7) is 0.170. The number of anilines is 1. The van der Waals surface area contributed by atoms with E-state index in [1.54, 1.807) is 24.3 Å². The number of carbonyl (C=O) groups is 3. The van der Waals surface area contributed by atoms with Crippen molar-refractivity contribution in [3.63, 3.8) is 0 Å². The minimum Gasteiger partial charge on any atom is -0.497 e. The number of methoxy groups -OCH3 is 1. The number of nitro groups is 1. The van der Waals surface area contributed by atoms with Crippen LogP contribution in [0.5, 0.6) is 5.75 Å². The minimum atomic E-state index is -0.696. The van der Waals surface area contributed by atoms with Gasteiger partial charge in [-0.05, 0) is 30.3 Å². The summed E-state index contributed by atoms with van der Waals surface area (Å²) in [6.07, 6.45) is 0.00451. The van der Waals surface area contributed by atoms with Crippen molar-refractivity contribution in [2.45, 2.75) is 6.42 Å². The van der Waals surface area contributed by atoms with Crippen molar-refractivity contribution in [1.29, 1.82) is 0 Å². The third kappa shape index (κ3) is 4.49. The molecular formula is C19H18N4O6. The standard InChI is InChI=1S/C19H18N4O6/c1-29-16-7-5-14(6-8-16)22-11-13(10-17(22)24)19(26)21-20-18(25)12-3-2-4-15(9-12)23(27)28/h2-9,13H,10-11H2,1H3,(H,20,25)(H,21,26)/t13-/m0/s1. The SMILES string of the molecule is COc1ccc(N2C[C@@H](C(=O)NNC(=O)c3cccc([N+](=O)[O-])c3)CC2=O)cc1. The fourth-order valence-electron chi connectivity index (χ4n) is 2.95. The van der Waals surface area contributed by atoms with Crippen LogP contribution in [0.1, 0.15) is 16.8 Å². The molecule has 1 fully saturated rings. The average molecular weight is 398 g/mol. The number of carbonyl (C=O) groups excluding carboxylic acids is 3. The number of ether oxygens (including phenoxy) is 1. The van der Waals surface area contributed by atoms with Gasteiger partial charge in [0.2, 0.25) is 11.8 Å². The predicted octanol–water partition coefficient (Wildman–Crippen LogP) is 1.42. The van der Waals surface area contributed by atoms with E-state index < -0.39 is 22.7 Å². The molecule has 0 spiro atoms. The van der Waals surface area contributed by atoms with E-state index in [4.69, 9.17) is 4.74 Å². The van der Waals surface area contributed by atoms with Crippen LogP contribution in [-0.4, -0.2) is 36.3 Å². The first-order valence-corrected chi connectivity index (χ1v) is 8.68. The molecule has 1 aliphatic heterocycles. The Morgan fingerprint density at radius 3 is 2.55 bits per heavy atom. The summed E-state index contributed by atoms with van der Waals surface area (Å²) in [7, 11) is 1.54. The maximum atomic E-state index is 12.3. The fraction of sp³-hybridized carbons (Fsp3) is 0.211. The molecule has 2 aromatic rings. The fourth-order valence-corrected chi connectivity index (χ4v) is 2.95. The Hall–Kier alpha value is -3.95. The summed E-state index contributed by atoms with van der Waals surface area (Å²) in [4.78, 5) is 48.4. The van der Waals surface area contributed by atoms with Gasteiger partial charge in [-0.2, -0.15) is 0 Å². The Bertz CT molecular complexity index is 959. The van der Waals surface area contributed by atoms with Crippen LogP contribution in [0.25, 0.3) is 0 Å². The van der Waals surface area contributed by atoms with Crippen molar-refractivity contribution >= 4 is 29.1 Å². The Kier molecular flexibility index (Phi) is 5.72. The molecule has 10 heteroatoms. The highest BCUT2D eigenvalue weighted by Gasteiger charge is 2.35. The second-order valence-electron chi connectivity index (χ2n) is 6.35. The van der Waals surface area contributed by atoms with Gasteiger partial charge in [-0.1, -0.05) is 6.07 Å². The molecule has 29 heavy (non-hydrogen) atoms. The van der Waals surface area contributed by atoms with Crippen LogP contribution in [0.4, 0.5) is 11.4 Å². The van der Waals surface area contributed by atoms with Crippen LogP contribution < -0.4 is 20.5 Å². The van der Waals surface area contributed by atoms with Crippen molar-refractivity contribution in [2.75, 3.05) is 18.6 Å². The molecule has 3 rings (SSSR count). The Labute approximate surface area is 165 Å². The zero-order valence-corrected chi connectivity index (χ0v) is 15.5. The van der Waals surface area contributed by atoms with E-state index in [1.807, 2.05) is 0 Å². The van der Waals surface area contributed by atoms with Crippen molar-refractivity contribution in [1.82, 2.24) is 10.9 Å². The van der Waals surface area contributed by atoms with Crippen molar-refractivity contribution in [3.8, 4) is 5.75 Å². The summed E-state index contributed by atoms with van der Waals surface area (Å²) in [5.41, 5.74) is 4.93. The lowest BCUT2D eigenvalue weighted by Gasteiger charge is -2.17. The predicted molar refractivity (Wildman–Crippen MR) is 102 cm³/mol. The van der Waals surface area contributed by atoms with E-state index >= 15 is 0 Å². The van der Waals surface area contributed by atoms with E-state index in [9.17, 15) is 24.5 Å². The number of nitrogens with zero attached hydrogens (tertiary/aromatic N) is 2. The Balaban J connectivity index is 1.58. The van der Waals surface area contributed by atoms with Crippen LogP contribution >= 0.6 is 0 Å². The molecule has 150 valence electrons. The van der Waals surface area contributed by atoms with E-state index in [1.165, 1.54) is 30.2 Å². The molecule has 0 unspecified atom stereocenters. The highest BCUT2D eigenvalue weighted by Crippen LogP contribution is 2.26. The topological polar surface area (TPSA) is 131 Å². The van der Waals surface area contributed by atoms with Gasteiger partial charge in [0, 0.05) is 36.3 Å². The number of rotatable bonds is 5. The third-order valence-electron chi connectivity index (χ3n) is 4.50. The number of nitrogens with one attached hydrogen (secondary N) is 2. The van der Waals surface area contributed by atoms with Crippen LogP contribution in [0.2, 0.25) is 0 Å². The molecule has 2 aromatic carbocycles. The van der Waals surface area contributed by atoms with Gasteiger partial charge in [-0.25, -0.2) is 0 Å². The summed E-state index contributed by atoms with van der Waals surface area (Å²) < 4.78 is 5.08. The van der Waals surface area contributed by atoms with Crippen molar-refractivity contribution in [3.05, 3.63) is 64.2 Å². The second kappa shape index (κ2) is 8.38. The van der Waals surface area contributed by atoms with Crippen LogP contribution in [-0.2, 0) is 9.59 Å². The molecule has 1 heterocycles. The molecule has 0 aromatic heterocycles. The van der Waals surface area contributed by atoms with Gasteiger partial charge in [0.1, 0.15) is 5.75 Å². The second-order valence-corrected chi connectivity index (χ2v) is 6.35. The first kappa shape index (κ1) is 19.8. The number of non-ortho nitro benzene ring substituents is 1. The van der Waals surface area contributed by atoms with E-state index in [2.05, 4.69) is 10.9 Å². The van der Waals surface area contributed by atoms with E-state index in [0.29, 0.717) is 11.4 Å². The average Bonchev–Trinajstić information content (AvgIpc) is 3.13. The molecule has 1 saturated heterocycles. The summed E-state index contributed by atoms with van der Waals surface area (Å²) >= 11 is 0. The number of hydrogen-bond donors (Lipinski definition) is 2. The molecule has 0 radical (unpaired) electrons. The normalized spacial score (nSPS) is 15.7. The largest absolute Gasteiger partial charge is 0.497 e. The van der Waals surface area contributed by atoms with Crippen molar-refractivity contribution in [2.24, 2.45) is 5.92 Å². The first-order chi connectivity index (χ1) is 13.9. The van der Waals surface area contributed by atoms with Gasteiger partial charge >= 0.3 is 0 Å². The van der Waals surface area contributed by atoms with Crippen LogP contribution in [0.15, 0.2) is 48.5 Å². The number of benzene rings is 2. The summed E-state index contributed by atoms with van der Waals surface area (Å²) in [5.74, 6) is -1.42. The van der Waals surface area contributed by atoms with Gasteiger partial charge in [0.25, 0.3) is 11.6 Å². The number of hydrazine groups is 1. The van der Waals surface area contributed by atoms with Gasteiger partial charge in [-0.3, -0.25) is 35.3 Å². The lowest BCUT2D eigenvalue weighted by molar-refractivity contribution is -0.384. The monoisotopic (exact) mass is 398 g/mol. The maximum absolute atomic E-state index is 12.3. The molecule has 10 nitrogen and oxygen atoms in total. The Morgan fingerprint density at radius 1 is 1.17 bits per heavy atom. The van der Waals surface area contributed by atoms with Crippen LogP contribution in [0.3, 0.4) is 0 Å². The quantitative estimate of drug-likeness (QED) is 0.578.